The summed E-state index contributed by atoms with van der Waals surface area (Å²) in [5.41, 5.74) is 0.530. The first kappa shape index (κ1) is 13.5. The maximum absolute atomic E-state index is 10.8. The number of benzene rings is 1. The number of carbonyl (C=O) groups is 1. The van der Waals surface area contributed by atoms with E-state index in [1.807, 2.05) is 0 Å². The van der Waals surface area contributed by atoms with E-state index in [0.29, 0.717) is 11.3 Å². The lowest BCUT2D eigenvalue weighted by atomic mass is 10.2. The molecule has 0 radical (unpaired) electrons. The Balaban J connectivity index is 2.32. The van der Waals surface area contributed by atoms with Crippen molar-refractivity contribution in [2.24, 2.45) is 0 Å². The summed E-state index contributed by atoms with van der Waals surface area (Å²) in [5.74, 6) is -0.606. The summed E-state index contributed by atoms with van der Waals surface area (Å²) in [4.78, 5) is 21.0. The van der Waals surface area contributed by atoms with Gasteiger partial charge < -0.3 is 9.84 Å². The fourth-order valence-electron chi connectivity index (χ4n) is 1.74. The summed E-state index contributed by atoms with van der Waals surface area (Å²) < 4.78 is 6.51. The third-order valence-corrected chi connectivity index (χ3v) is 2.69. The molecule has 8 heteroatoms. The van der Waals surface area contributed by atoms with Gasteiger partial charge in [-0.05, 0) is 6.07 Å². The normalized spacial score (nSPS) is 10.2. The van der Waals surface area contributed by atoms with Crippen LogP contribution in [0.2, 0.25) is 0 Å². The quantitative estimate of drug-likeness (QED) is 0.656. The van der Waals surface area contributed by atoms with Gasteiger partial charge in [0.25, 0.3) is 5.69 Å². The summed E-state index contributed by atoms with van der Waals surface area (Å²) in [6, 6.07) is 4.21. The van der Waals surface area contributed by atoms with E-state index in [9.17, 15) is 14.9 Å². The maximum atomic E-state index is 10.8. The van der Waals surface area contributed by atoms with Crippen molar-refractivity contribution in [1.82, 2.24) is 9.78 Å². The second-order valence-electron chi connectivity index (χ2n) is 3.99. The molecule has 0 aliphatic heterocycles. The van der Waals surface area contributed by atoms with E-state index in [-0.39, 0.29) is 17.8 Å². The van der Waals surface area contributed by atoms with E-state index in [4.69, 9.17) is 9.84 Å². The monoisotopic (exact) mass is 277 g/mol. The number of hydrogen-bond donors (Lipinski definition) is 1. The molecule has 8 nitrogen and oxygen atoms in total. The molecule has 1 aromatic heterocycles. The summed E-state index contributed by atoms with van der Waals surface area (Å²) in [6.45, 7) is 0.179. The number of hydrogen-bond acceptors (Lipinski definition) is 5. The number of rotatable bonds is 5. The number of ether oxygens (including phenoxy) is 1. The van der Waals surface area contributed by atoms with Gasteiger partial charge in [-0.1, -0.05) is 0 Å². The van der Waals surface area contributed by atoms with Crippen molar-refractivity contribution in [2.45, 2.75) is 6.54 Å². The highest BCUT2D eigenvalue weighted by Gasteiger charge is 2.13. The summed E-state index contributed by atoms with van der Waals surface area (Å²) in [6.07, 6.45) is 2.56. The van der Waals surface area contributed by atoms with Crippen LogP contribution in [0.3, 0.4) is 0 Å². The summed E-state index contributed by atoms with van der Waals surface area (Å²) in [7, 11) is 1.45. The molecule has 0 amide bonds. The Hall–Kier alpha value is -2.90. The molecule has 0 unspecified atom stereocenters. The van der Waals surface area contributed by atoms with Crippen molar-refractivity contribution in [3.8, 4) is 5.75 Å². The first-order valence-electron chi connectivity index (χ1n) is 5.58. The Kier molecular flexibility index (Phi) is 3.65. The average molecular weight is 277 g/mol. The summed E-state index contributed by atoms with van der Waals surface area (Å²) >= 11 is 0. The largest absolute Gasteiger partial charge is 0.496 e. The molecule has 1 N–H and O–H groups in total. The lowest BCUT2D eigenvalue weighted by molar-refractivity contribution is -0.384. The van der Waals surface area contributed by atoms with Crippen molar-refractivity contribution in [2.75, 3.05) is 7.11 Å². The first-order chi connectivity index (χ1) is 9.51. The highest BCUT2D eigenvalue weighted by molar-refractivity contribution is 5.86. The second-order valence-corrected chi connectivity index (χ2v) is 3.99. The van der Waals surface area contributed by atoms with Crippen LogP contribution in [-0.4, -0.2) is 32.9 Å². The van der Waals surface area contributed by atoms with Gasteiger partial charge in [0, 0.05) is 23.9 Å². The molecule has 0 saturated heterocycles. The molecule has 0 atom stereocenters. The van der Waals surface area contributed by atoms with Crippen LogP contribution in [0.25, 0.3) is 0 Å². The number of nitro groups is 1. The molecule has 0 bridgehead atoms. The maximum Gasteiger partial charge on any atom is 0.338 e. The molecular formula is C12H11N3O5. The fraction of sp³-hybridized carbons (Fsp3) is 0.167. The molecule has 0 spiro atoms. The number of nitrogens with zero attached hydrogens (tertiary/aromatic N) is 3. The Labute approximate surface area is 113 Å². The van der Waals surface area contributed by atoms with Gasteiger partial charge in [0.05, 0.1) is 30.3 Å². The zero-order valence-corrected chi connectivity index (χ0v) is 10.5. The van der Waals surface area contributed by atoms with Crippen LogP contribution in [0, 0.1) is 10.1 Å². The zero-order valence-electron chi connectivity index (χ0n) is 10.5. The Morgan fingerprint density at radius 1 is 1.55 bits per heavy atom. The Bertz CT molecular complexity index is 665. The number of non-ortho nitro benzene ring substituents is 1. The SMILES string of the molecule is COc1ccc([N+](=O)[O-])cc1Cn1cc(C(=O)O)cn1. The molecule has 0 aliphatic carbocycles. The third kappa shape index (κ3) is 2.74. The third-order valence-electron chi connectivity index (χ3n) is 2.69. The van der Waals surface area contributed by atoms with E-state index >= 15 is 0 Å². The molecular weight excluding hydrogens is 266 g/mol. The van der Waals surface area contributed by atoms with Gasteiger partial charge >= 0.3 is 5.97 Å². The first-order valence-corrected chi connectivity index (χ1v) is 5.58. The van der Waals surface area contributed by atoms with Crippen molar-refractivity contribution >= 4 is 11.7 Å². The predicted octanol–water partition coefficient (Wildman–Crippen LogP) is 1.55. The van der Waals surface area contributed by atoms with Crippen LogP contribution in [0.4, 0.5) is 5.69 Å². The van der Waals surface area contributed by atoms with Crippen molar-refractivity contribution in [3.05, 3.63) is 51.8 Å². The minimum absolute atomic E-state index is 0.0504. The number of nitro benzene ring substituents is 1. The predicted molar refractivity (Wildman–Crippen MR) is 67.9 cm³/mol. The van der Waals surface area contributed by atoms with Gasteiger partial charge in [-0.15, -0.1) is 0 Å². The van der Waals surface area contributed by atoms with Crippen LogP contribution in [-0.2, 0) is 6.54 Å². The van der Waals surface area contributed by atoms with E-state index in [1.54, 1.807) is 0 Å². The van der Waals surface area contributed by atoms with Gasteiger partial charge in [-0.3, -0.25) is 14.8 Å². The highest BCUT2D eigenvalue weighted by Crippen LogP contribution is 2.24. The lowest BCUT2D eigenvalue weighted by Crippen LogP contribution is -2.03. The van der Waals surface area contributed by atoms with Crippen molar-refractivity contribution in [3.63, 3.8) is 0 Å². The van der Waals surface area contributed by atoms with Crippen LogP contribution in [0.5, 0.6) is 5.75 Å². The van der Waals surface area contributed by atoms with E-state index < -0.39 is 10.9 Å². The fourth-order valence-corrected chi connectivity index (χ4v) is 1.74. The van der Waals surface area contributed by atoms with E-state index in [2.05, 4.69) is 5.10 Å². The average Bonchev–Trinajstić information content (AvgIpc) is 2.87. The standard InChI is InChI=1S/C12H11N3O5/c1-20-11-3-2-10(15(18)19)4-8(11)6-14-7-9(5-13-14)12(16)17/h2-5,7H,6H2,1H3,(H,16,17). The lowest BCUT2D eigenvalue weighted by Gasteiger charge is -2.08. The molecule has 0 saturated carbocycles. The Morgan fingerprint density at radius 2 is 2.30 bits per heavy atom. The topological polar surface area (TPSA) is 107 Å². The minimum Gasteiger partial charge on any atom is -0.496 e. The Morgan fingerprint density at radius 3 is 2.85 bits per heavy atom. The van der Waals surface area contributed by atoms with Gasteiger partial charge in [0.15, 0.2) is 0 Å². The van der Waals surface area contributed by atoms with E-state index in [0.717, 1.165) is 0 Å². The summed E-state index contributed by atoms with van der Waals surface area (Å²) in [5, 5.41) is 23.5. The molecule has 1 aromatic carbocycles. The van der Waals surface area contributed by atoms with Crippen LogP contribution in [0.1, 0.15) is 15.9 Å². The van der Waals surface area contributed by atoms with Gasteiger partial charge in [-0.2, -0.15) is 5.10 Å². The van der Waals surface area contributed by atoms with Crippen LogP contribution >= 0.6 is 0 Å². The molecule has 0 aliphatic rings. The number of aromatic nitrogens is 2. The highest BCUT2D eigenvalue weighted by atomic mass is 16.6. The van der Waals surface area contributed by atoms with Gasteiger partial charge in [0.1, 0.15) is 5.75 Å². The number of carboxylic acids is 1. The molecule has 2 aromatic rings. The molecule has 20 heavy (non-hydrogen) atoms. The second kappa shape index (κ2) is 5.39. The molecule has 1 heterocycles. The molecule has 2 rings (SSSR count). The molecule has 0 fully saturated rings. The van der Waals surface area contributed by atoms with Crippen molar-refractivity contribution in [1.29, 1.82) is 0 Å². The number of methoxy groups -OCH3 is 1. The smallest absolute Gasteiger partial charge is 0.338 e. The molecule has 104 valence electrons. The number of carboxylic acid groups (broad SMARTS) is 1. The van der Waals surface area contributed by atoms with E-state index in [1.165, 1.54) is 42.4 Å². The van der Waals surface area contributed by atoms with Crippen LogP contribution < -0.4 is 4.74 Å². The van der Waals surface area contributed by atoms with Crippen LogP contribution in [0.15, 0.2) is 30.6 Å². The van der Waals surface area contributed by atoms with Gasteiger partial charge in [0.2, 0.25) is 0 Å². The minimum atomic E-state index is -1.08. The number of aromatic carboxylic acids is 1. The van der Waals surface area contributed by atoms with Gasteiger partial charge in [-0.25, -0.2) is 4.79 Å². The van der Waals surface area contributed by atoms with Crippen molar-refractivity contribution < 1.29 is 19.6 Å². The zero-order chi connectivity index (χ0) is 14.7.